The molecular weight excluding hydrogens is 218 g/mol. The van der Waals surface area contributed by atoms with E-state index in [2.05, 4.69) is 10.3 Å². The van der Waals surface area contributed by atoms with E-state index in [1.807, 2.05) is 27.7 Å². The van der Waals surface area contributed by atoms with Gasteiger partial charge in [-0.3, -0.25) is 10.3 Å². The molecule has 0 spiro atoms. The SMILES string of the molecule is CC(N)c1cnccc1NC(=O)OC(C)(C)C. The van der Waals surface area contributed by atoms with Crippen LogP contribution in [0.15, 0.2) is 18.5 Å². The van der Waals surface area contributed by atoms with Crippen molar-refractivity contribution in [3.05, 3.63) is 24.0 Å². The van der Waals surface area contributed by atoms with E-state index in [-0.39, 0.29) is 6.04 Å². The van der Waals surface area contributed by atoms with Gasteiger partial charge in [0.05, 0.1) is 5.69 Å². The lowest BCUT2D eigenvalue weighted by Gasteiger charge is -2.20. The Hall–Kier alpha value is -1.62. The molecule has 0 aliphatic carbocycles. The number of carbonyl (C=O) groups is 1. The predicted molar refractivity (Wildman–Crippen MR) is 66.7 cm³/mol. The molecule has 1 unspecified atom stereocenters. The van der Waals surface area contributed by atoms with Gasteiger partial charge in [0.15, 0.2) is 0 Å². The molecule has 0 fully saturated rings. The second-order valence-electron chi connectivity index (χ2n) is 4.88. The van der Waals surface area contributed by atoms with Crippen LogP contribution in [0.2, 0.25) is 0 Å². The second-order valence-corrected chi connectivity index (χ2v) is 4.88. The monoisotopic (exact) mass is 237 g/mol. The lowest BCUT2D eigenvalue weighted by molar-refractivity contribution is 0.0636. The predicted octanol–water partition coefficient (Wildman–Crippen LogP) is 2.45. The minimum absolute atomic E-state index is 0.200. The Bertz CT molecular complexity index is 397. The molecule has 1 heterocycles. The van der Waals surface area contributed by atoms with Gasteiger partial charge in [0.25, 0.3) is 0 Å². The molecule has 0 saturated heterocycles. The third kappa shape index (κ3) is 4.40. The maximum Gasteiger partial charge on any atom is 0.412 e. The third-order valence-electron chi connectivity index (χ3n) is 1.98. The van der Waals surface area contributed by atoms with E-state index in [4.69, 9.17) is 10.5 Å². The molecule has 0 bridgehead atoms. The Morgan fingerprint density at radius 3 is 2.71 bits per heavy atom. The Kier molecular flexibility index (Phi) is 4.07. The van der Waals surface area contributed by atoms with Crippen molar-refractivity contribution in [3.63, 3.8) is 0 Å². The highest BCUT2D eigenvalue weighted by Crippen LogP contribution is 2.20. The highest BCUT2D eigenvalue weighted by molar-refractivity contribution is 5.85. The molecule has 0 saturated carbocycles. The molecule has 1 aromatic rings. The topological polar surface area (TPSA) is 77.2 Å². The maximum absolute atomic E-state index is 11.6. The Morgan fingerprint density at radius 2 is 2.18 bits per heavy atom. The normalized spacial score (nSPS) is 13.0. The first-order valence-corrected chi connectivity index (χ1v) is 5.49. The van der Waals surface area contributed by atoms with Crippen LogP contribution in [0, 0.1) is 0 Å². The summed E-state index contributed by atoms with van der Waals surface area (Å²) in [5.74, 6) is 0. The number of pyridine rings is 1. The summed E-state index contributed by atoms with van der Waals surface area (Å²) < 4.78 is 5.17. The summed E-state index contributed by atoms with van der Waals surface area (Å²) in [5, 5.41) is 2.67. The fraction of sp³-hybridized carbons (Fsp3) is 0.500. The van der Waals surface area contributed by atoms with Crippen molar-refractivity contribution >= 4 is 11.8 Å². The number of hydrogen-bond donors (Lipinski definition) is 2. The van der Waals surface area contributed by atoms with Crippen molar-refractivity contribution in [2.45, 2.75) is 39.3 Å². The van der Waals surface area contributed by atoms with E-state index in [1.54, 1.807) is 18.5 Å². The zero-order chi connectivity index (χ0) is 13.1. The van der Waals surface area contributed by atoms with Crippen LogP contribution in [0.5, 0.6) is 0 Å². The first kappa shape index (κ1) is 13.4. The molecule has 17 heavy (non-hydrogen) atoms. The Balaban J connectivity index is 2.78. The number of nitrogens with zero attached hydrogens (tertiary/aromatic N) is 1. The summed E-state index contributed by atoms with van der Waals surface area (Å²) in [7, 11) is 0. The van der Waals surface area contributed by atoms with Gasteiger partial charge in [-0.05, 0) is 33.8 Å². The number of amides is 1. The minimum atomic E-state index is -0.522. The van der Waals surface area contributed by atoms with Crippen molar-refractivity contribution in [2.75, 3.05) is 5.32 Å². The smallest absolute Gasteiger partial charge is 0.412 e. The van der Waals surface area contributed by atoms with Crippen molar-refractivity contribution in [1.82, 2.24) is 4.98 Å². The lowest BCUT2D eigenvalue weighted by atomic mass is 10.1. The van der Waals surface area contributed by atoms with Gasteiger partial charge in [0.1, 0.15) is 5.60 Å². The van der Waals surface area contributed by atoms with Crippen LogP contribution in [0.3, 0.4) is 0 Å². The highest BCUT2D eigenvalue weighted by atomic mass is 16.6. The molecule has 1 aromatic heterocycles. The van der Waals surface area contributed by atoms with Crippen LogP contribution in [0.1, 0.15) is 39.3 Å². The van der Waals surface area contributed by atoms with E-state index in [0.29, 0.717) is 5.69 Å². The number of carbonyl (C=O) groups excluding carboxylic acids is 1. The first-order chi connectivity index (χ1) is 7.79. The molecule has 0 aliphatic rings. The van der Waals surface area contributed by atoms with Gasteiger partial charge in [-0.1, -0.05) is 0 Å². The molecule has 94 valence electrons. The van der Waals surface area contributed by atoms with Crippen molar-refractivity contribution in [3.8, 4) is 0 Å². The lowest BCUT2D eigenvalue weighted by Crippen LogP contribution is -2.27. The Morgan fingerprint density at radius 1 is 1.53 bits per heavy atom. The fourth-order valence-electron chi connectivity index (χ4n) is 1.30. The fourth-order valence-corrected chi connectivity index (χ4v) is 1.30. The minimum Gasteiger partial charge on any atom is -0.444 e. The zero-order valence-corrected chi connectivity index (χ0v) is 10.7. The van der Waals surface area contributed by atoms with Crippen LogP contribution in [-0.2, 0) is 4.74 Å². The third-order valence-corrected chi connectivity index (χ3v) is 1.98. The van der Waals surface area contributed by atoms with Crippen LogP contribution in [0.4, 0.5) is 10.5 Å². The number of anilines is 1. The Labute approximate surface area is 101 Å². The van der Waals surface area contributed by atoms with Gasteiger partial charge in [0, 0.05) is 24.0 Å². The van der Waals surface area contributed by atoms with Gasteiger partial charge in [-0.2, -0.15) is 0 Å². The van der Waals surface area contributed by atoms with Crippen molar-refractivity contribution in [1.29, 1.82) is 0 Å². The van der Waals surface area contributed by atoms with E-state index in [1.165, 1.54) is 0 Å². The number of ether oxygens (including phenoxy) is 1. The number of nitrogens with two attached hydrogens (primary N) is 1. The molecule has 5 nitrogen and oxygen atoms in total. The molecule has 5 heteroatoms. The average Bonchev–Trinajstić information content (AvgIpc) is 2.14. The zero-order valence-electron chi connectivity index (χ0n) is 10.7. The maximum atomic E-state index is 11.6. The van der Waals surface area contributed by atoms with Crippen molar-refractivity contribution < 1.29 is 9.53 Å². The van der Waals surface area contributed by atoms with E-state index in [0.717, 1.165) is 5.56 Å². The summed E-state index contributed by atoms with van der Waals surface area (Å²) in [5.41, 5.74) is 6.67. The molecule has 3 N–H and O–H groups in total. The second kappa shape index (κ2) is 5.14. The number of nitrogens with one attached hydrogen (secondary N) is 1. The standard InChI is InChI=1S/C12H19N3O2/c1-8(13)9-7-14-6-5-10(9)15-11(16)17-12(2,3)4/h5-8H,13H2,1-4H3,(H,14,15,16). The average molecular weight is 237 g/mol. The van der Waals surface area contributed by atoms with E-state index >= 15 is 0 Å². The molecule has 1 amide bonds. The van der Waals surface area contributed by atoms with E-state index in [9.17, 15) is 4.79 Å². The molecular formula is C12H19N3O2. The van der Waals surface area contributed by atoms with Gasteiger partial charge in [-0.15, -0.1) is 0 Å². The molecule has 0 aliphatic heterocycles. The summed E-state index contributed by atoms with van der Waals surface area (Å²) >= 11 is 0. The quantitative estimate of drug-likeness (QED) is 0.828. The summed E-state index contributed by atoms with van der Waals surface area (Å²) in [6, 6.07) is 1.50. The van der Waals surface area contributed by atoms with E-state index < -0.39 is 11.7 Å². The summed E-state index contributed by atoms with van der Waals surface area (Å²) in [4.78, 5) is 15.6. The van der Waals surface area contributed by atoms with Gasteiger partial charge < -0.3 is 10.5 Å². The largest absolute Gasteiger partial charge is 0.444 e. The van der Waals surface area contributed by atoms with Crippen LogP contribution in [0.25, 0.3) is 0 Å². The summed E-state index contributed by atoms with van der Waals surface area (Å²) in [6.45, 7) is 7.26. The van der Waals surface area contributed by atoms with Gasteiger partial charge in [0.2, 0.25) is 0 Å². The molecule has 0 radical (unpaired) electrons. The van der Waals surface area contributed by atoms with Gasteiger partial charge in [-0.25, -0.2) is 4.79 Å². The number of aromatic nitrogens is 1. The molecule has 1 atom stereocenters. The summed E-state index contributed by atoms with van der Waals surface area (Å²) in [6.07, 6.45) is 2.74. The number of hydrogen-bond acceptors (Lipinski definition) is 4. The van der Waals surface area contributed by atoms with Gasteiger partial charge >= 0.3 is 6.09 Å². The van der Waals surface area contributed by atoms with Crippen LogP contribution >= 0.6 is 0 Å². The van der Waals surface area contributed by atoms with Crippen LogP contribution < -0.4 is 11.1 Å². The van der Waals surface area contributed by atoms with Crippen LogP contribution in [-0.4, -0.2) is 16.7 Å². The highest BCUT2D eigenvalue weighted by Gasteiger charge is 2.17. The first-order valence-electron chi connectivity index (χ1n) is 5.49. The van der Waals surface area contributed by atoms with Crippen molar-refractivity contribution in [2.24, 2.45) is 5.73 Å². The molecule has 0 aromatic carbocycles. The molecule has 1 rings (SSSR count). The number of rotatable bonds is 2.